The smallest absolute Gasteiger partial charge is 0.416 e. The Morgan fingerprint density at radius 2 is 1.84 bits per heavy atom. The number of hydrogen-bond donors (Lipinski definition) is 1. The van der Waals surface area contributed by atoms with Gasteiger partial charge in [0, 0.05) is 17.2 Å². The summed E-state index contributed by atoms with van der Waals surface area (Å²) in [6.45, 7) is 1.72. The molecule has 0 bridgehead atoms. The third kappa shape index (κ3) is 3.26. The maximum Gasteiger partial charge on any atom is 0.416 e. The first-order valence-electron chi connectivity index (χ1n) is 7.25. The van der Waals surface area contributed by atoms with Crippen LogP contribution in [-0.2, 0) is 6.18 Å². The fraction of sp³-hybridized carbons (Fsp3) is 0.111. The summed E-state index contributed by atoms with van der Waals surface area (Å²) >= 11 is 0. The Hall–Kier alpha value is -3.09. The third-order valence-electron chi connectivity index (χ3n) is 3.74. The van der Waals surface area contributed by atoms with Gasteiger partial charge in [-0.3, -0.25) is 0 Å². The lowest BCUT2D eigenvalue weighted by Gasteiger charge is -2.07. The highest BCUT2D eigenvalue weighted by Gasteiger charge is 2.30. The number of aromatic nitrogens is 1. The molecule has 0 unspecified atom stereocenters. The van der Waals surface area contributed by atoms with E-state index in [4.69, 9.17) is 4.52 Å². The number of alkyl halides is 3. The summed E-state index contributed by atoms with van der Waals surface area (Å²) in [6.07, 6.45) is -4.47. The maximum absolute atomic E-state index is 12.8. The van der Waals surface area contributed by atoms with Gasteiger partial charge in [0.15, 0.2) is 5.76 Å². The van der Waals surface area contributed by atoms with E-state index in [1.807, 2.05) is 0 Å². The van der Waals surface area contributed by atoms with E-state index in [1.54, 1.807) is 19.1 Å². The maximum atomic E-state index is 12.8. The van der Waals surface area contributed by atoms with E-state index in [1.165, 1.54) is 24.3 Å². The van der Waals surface area contributed by atoms with E-state index in [-0.39, 0.29) is 22.6 Å². The molecule has 1 heterocycles. The summed E-state index contributed by atoms with van der Waals surface area (Å²) in [6, 6.07) is 10.9. The molecule has 3 aromatic rings. The molecular formula is C18H12F3NO3. The Bertz CT molecular complexity index is 945. The minimum atomic E-state index is -4.47. The molecule has 0 saturated carbocycles. The fourth-order valence-electron chi connectivity index (χ4n) is 2.56. The molecule has 0 fully saturated rings. The van der Waals surface area contributed by atoms with Crippen LogP contribution in [0.25, 0.3) is 22.6 Å². The standard InChI is InChI=1S/C18H12F3NO3/c1-10-4-2-7-13(17(23)24)16(10)14-9-15(25-22-14)11-5-3-6-12(8-11)18(19,20)21/h2-9H,1H3,(H,23,24). The predicted molar refractivity (Wildman–Crippen MR) is 84.1 cm³/mol. The number of carbonyl (C=O) groups is 1. The first kappa shape index (κ1) is 16.8. The molecule has 1 N–H and O–H groups in total. The molecule has 25 heavy (non-hydrogen) atoms. The molecule has 4 nitrogen and oxygen atoms in total. The zero-order chi connectivity index (χ0) is 18.2. The highest BCUT2D eigenvalue weighted by atomic mass is 19.4. The van der Waals surface area contributed by atoms with Crippen LogP contribution < -0.4 is 0 Å². The fourth-order valence-corrected chi connectivity index (χ4v) is 2.56. The number of rotatable bonds is 3. The molecule has 2 aromatic carbocycles. The van der Waals surface area contributed by atoms with Crippen LogP contribution >= 0.6 is 0 Å². The number of hydrogen-bond acceptors (Lipinski definition) is 3. The largest absolute Gasteiger partial charge is 0.478 e. The van der Waals surface area contributed by atoms with Crippen LogP contribution in [0, 0.1) is 6.92 Å². The van der Waals surface area contributed by atoms with Crippen molar-refractivity contribution in [1.29, 1.82) is 0 Å². The summed E-state index contributed by atoms with van der Waals surface area (Å²) in [5.74, 6) is -0.997. The number of aryl methyl sites for hydroxylation is 1. The van der Waals surface area contributed by atoms with Crippen molar-refractivity contribution in [1.82, 2.24) is 5.16 Å². The summed E-state index contributed by atoms with van der Waals surface area (Å²) in [5.41, 5.74) is 0.747. The van der Waals surface area contributed by atoms with Crippen LogP contribution in [-0.4, -0.2) is 16.2 Å². The molecule has 0 spiro atoms. The number of aromatic carboxylic acids is 1. The van der Waals surface area contributed by atoms with E-state index in [9.17, 15) is 23.1 Å². The minimum Gasteiger partial charge on any atom is -0.478 e. The lowest BCUT2D eigenvalue weighted by molar-refractivity contribution is -0.137. The van der Waals surface area contributed by atoms with Gasteiger partial charge in [-0.05, 0) is 30.7 Å². The van der Waals surface area contributed by atoms with Gasteiger partial charge in [0.05, 0.1) is 11.1 Å². The van der Waals surface area contributed by atoms with Crippen LogP contribution in [0.2, 0.25) is 0 Å². The molecule has 0 atom stereocenters. The first-order valence-corrected chi connectivity index (χ1v) is 7.25. The third-order valence-corrected chi connectivity index (χ3v) is 3.74. The molecule has 128 valence electrons. The number of halogens is 3. The average Bonchev–Trinajstić information content (AvgIpc) is 3.03. The van der Waals surface area contributed by atoms with Gasteiger partial charge in [0.25, 0.3) is 0 Å². The Morgan fingerprint density at radius 3 is 2.52 bits per heavy atom. The lowest BCUT2D eigenvalue weighted by atomic mass is 9.98. The molecule has 0 aliphatic rings. The SMILES string of the molecule is Cc1cccc(C(=O)O)c1-c1cc(-c2cccc(C(F)(F)F)c2)on1. The molecule has 0 aliphatic heterocycles. The summed E-state index contributed by atoms with van der Waals surface area (Å²) in [4.78, 5) is 11.4. The Balaban J connectivity index is 2.07. The van der Waals surface area contributed by atoms with Gasteiger partial charge in [-0.1, -0.05) is 29.4 Å². The molecule has 0 saturated heterocycles. The van der Waals surface area contributed by atoms with Crippen molar-refractivity contribution < 1.29 is 27.6 Å². The average molecular weight is 347 g/mol. The molecule has 0 radical (unpaired) electrons. The Kier molecular flexibility index (Phi) is 4.08. The molecular weight excluding hydrogens is 335 g/mol. The number of carboxylic acids is 1. The second kappa shape index (κ2) is 6.08. The first-order chi connectivity index (χ1) is 11.8. The zero-order valence-electron chi connectivity index (χ0n) is 13.0. The van der Waals surface area contributed by atoms with Crippen molar-refractivity contribution in [3.8, 4) is 22.6 Å². The van der Waals surface area contributed by atoms with Crippen molar-refractivity contribution in [3.05, 3.63) is 65.2 Å². The highest BCUT2D eigenvalue weighted by Crippen LogP contribution is 2.34. The second-order valence-electron chi connectivity index (χ2n) is 5.46. The van der Waals surface area contributed by atoms with Crippen molar-refractivity contribution >= 4 is 5.97 Å². The van der Waals surface area contributed by atoms with Crippen LogP contribution in [0.3, 0.4) is 0 Å². The Morgan fingerprint density at radius 1 is 1.12 bits per heavy atom. The van der Waals surface area contributed by atoms with Crippen molar-refractivity contribution in [3.63, 3.8) is 0 Å². The molecule has 0 amide bonds. The van der Waals surface area contributed by atoms with Crippen LogP contribution in [0.5, 0.6) is 0 Å². The van der Waals surface area contributed by atoms with E-state index in [0.717, 1.165) is 12.1 Å². The predicted octanol–water partition coefficient (Wildman–Crippen LogP) is 5.03. The van der Waals surface area contributed by atoms with Crippen LogP contribution in [0.1, 0.15) is 21.5 Å². The van der Waals surface area contributed by atoms with Crippen molar-refractivity contribution in [2.75, 3.05) is 0 Å². The zero-order valence-corrected chi connectivity index (χ0v) is 13.0. The second-order valence-corrected chi connectivity index (χ2v) is 5.46. The highest BCUT2D eigenvalue weighted by molar-refractivity contribution is 5.96. The summed E-state index contributed by atoms with van der Waals surface area (Å²) in [5, 5.41) is 13.2. The van der Waals surface area contributed by atoms with Gasteiger partial charge in [-0.2, -0.15) is 13.2 Å². The molecule has 7 heteroatoms. The molecule has 3 rings (SSSR count). The van der Waals surface area contributed by atoms with E-state index in [0.29, 0.717) is 11.1 Å². The van der Waals surface area contributed by atoms with Gasteiger partial charge in [-0.25, -0.2) is 4.79 Å². The van der Waals surface area contributed by atoms with E-state index in [2.05, 4.69) is 5.16 Å². The quantitative estimate of drug-likeness (QED) is 0.721. The van der Waals surface area contributed by atoms with Crippen LogP contribution in [0.4, 0.5) is 13.2 Å². The van der Waals surface area contributed by atoms with E-state index >= 15 is 0 Å². The number of carboxylic acid groups (broad SMARTS) is 1. The van der Waals surface area contributed by atoms with Crippen molar-refractivity contribution in [2.24, 2.45) is 0 Å². The van der Waals surface area contributed by atoms with Gasteiger partial charge in [-0.15, -0.1) is 0 Å². The minimum absolute atomic E-state index is 0.0453. The summed E-state index contributed by atoms with van der Waals surface area (Å²) in [7, 11) is 0. The van der Waals surface area contributed by atoms with Crippen molar-refractivity contribution in [2.45, 2.75) is 13.1 Å². The number of nitrogens with zero attached hydrogens (tertiary/aromatic N) is 1. The molecule has 0 aliphatic carbocycles. The van der Waals surface area contributed by atoms with Gasteiger partial charge in [0.2, 0.25) is 0 Å². The molecule has 1 aromatic heterocycles. The van der Waals surface area contributed by atoms with E-state index < -0.39 is 17.7 Å². The van der Waals surface area contributed by atoms with Gasteiger partial charge < -0.3 is 9.63 Å². The number of benzene rings is 2. The summed E-state index contributed by atoms with van der Waals surface area (Å²) < 4.78 is 43.7. The monoisotopic (exact) mass is 347 g/mol. The normalized spacial score (nSPS) is 11.5. The topological polar surface area (TPSA) is 63.3 Å². The van der Waals surface area contributed by atoms with Crippen LogP contribution in [0.15, 0.2) is 53.1 Å². The van der Waals surface area contributed by atoms with Gasteiger partial charge in [0.1, 0.15) is 5.69 Å². The van der Waals surface area contributed by atoms with Gasteiger partial charge >= 0.3 is 12.1 Å². The lowest BCUT2D eigenvalue weighted by Crippen LogP contribution is -2.04. The Labute approximate surface area is 140 Å².